The lowest BCUT2D eigenvalue weighted by atomic mass is 9.85. The highest BCUT2D eigenvalue weighted by Gasteiger charge is 2.27. The lowest BCUT2D eigenvalue weighted by molar-refractivity contribution is 0.306. The van der Waals surface area contributed by atoms with Gasteiger partial charge in [-0.3, -0.25) is 9.12 Å². The summed E-state index contributed by atoms with van der Waals surface area (Å²) in [7, 11) is -3.67. The minimum atomic E-state index is -3.67. The monoisotopic (exact) mass is 525 g/mol. The summed E-state index contributed by atoms with van der Waals surface area (Å²) in [5.74, 6) is 2.58. The van der Waals surface area contributed by atoms with E-state index in [0.717, 1.165) is 41.0 Å². The molecule has 1 aliphatic carbocycles. The molecular formula is C29H27N5O3S. The second-order valence-corrected chi connectivity index (χ2v) is 11.1. The minimum Gasteiger partial charge on any atom is -0.489 e. The second kappa shape index (κ2) is 9.83. The summed E-state index contributed by atoms with van der Waals surface area (Å²) in [5, 5.41) is 0. The van der Waals surface area contributed by atoms with Crippen LogP contribution in [0, 0.1) is 0 Å². The molecule has 0 bridgehead atoms. The van der Waals surface area contributed by atoms with Crippen LogP contribution in [-0.2, 0) is 16.6 Å². The van der Waals surface area contributed by atoms with Gasteiger partial charge < -0.3 is 10.5 Å². The minimum absolute atomic E-state index is 0.210. The Morgan fingerprint density at radius 1 is 1.00 bits per heavy atom. The Kier molecular flexibility index (Phi) is 6.21. The van der Waals surface area contributed by atoms with Crippen LogP contribution in [0.15, 0.2) is 96.2 Å². The molecule has 5 aromatic rings. The fraction of sp³-hybridized carbons (Fsp3) is 0.172. The molecule has 1 saturated carbocycles. The third kappa shape index (κ3) is 4.68. The first-order valence-corrected chi connectivity index (χ1v) is 14.0. The molecule has 8 nitrogen and oxygen atoms in total. The summed E-state index contributed by atoms with van der Waals surface area (Å²) in [6.07, 6.45) is 7.11. The van der Waals surface area contributed by atoms with Gasteiger partial charge in [0.05, 0.1) is 4.90 Å². The van der Waals surface area contributed by atoms with Crippen LogP contribution in [0.5, 0.6) is 5.75 Å². The number of nitrogen functional groups attached to an aromatic ring is 1. The van der Waals surface area contributed by atoms with Crippen LogP contribution in [0.1, 0.15) is 36.6 Å². The molecule has 9 heteroatoms. The van der Waals surface area contributed by atoms with Crippen molar-refractivity contribution in [3.05, 3.63) is 103 Å². The van der Waals surface area contributed by atoms with E-state index in [0.29, 0.717) is 23.2 Å². The second-order valence-electron chi connectivity index (χ2n) is 9.41. The van der Waals surface area contributed by atoms with E-state index in [4.69, 9.17) is 15.5 Å². The molecule has 0 radical (unpaired) electrons. The van der Waals surface area contributed by atoms with Crippen molar-refractivity contribution in [2.75, 3.05) is 10.5 Å². The Bertz CT molecular complexity index is 1710. The number of sulfonamides is 1. The van der Waals surface area contributed by atoms with Crippen LogP contribution in [-0.4, -0.2) is 22.8 Å². The Labute approximate surface area is 221 Å². The largest absolute Gasteiger partial charge is 0.489 e. The molecule has 0 spiro atoms. The van der Waals surface area contributed by atoms with Crippen LogP contribution in [0.25, 0.3) is 16.8 Å². The lowest BCUT2D eigenvalue weighted by Crippen LogP contribution is -2.13. The van der Waals surface area contributed by atoms with E-state index in [-0.39, 0.29) is 11.5 Å². The number of aromatic nitrogens is 3. The fourth-order valence-electron chi connectivity index (χ4n) is 4.68. The van der Waals surface area contributed by atoms with E-state index < -0.39 is 10.0 Å². The summed E-state index contributed by atoms with van der Waals surface area (Å²) in [5.41, 5.74) is 10.1. The summed E-state index contributed by atoms with van der Waals surface area (Å²) in [6, 6.07) is 23.2. The van der Waals surface area contributed by atoms with Gasteiger partial charge in [-0.05, 0) is 54.8 Å². The van der Waals surface area contributed by atoms with E-state index in [1.54, 1.807) is 54.7 Å². The zero-order chi connectivity index (χ0) is 26.1. The molecule has 3 aromatic carbocycles. The number of hydrogen-bond donors (Lipinski definition) is 2. The van der Waals surface area contributed by atoms with Gasteiger partial charge in [-0.15, -0.1) is 0 Å². The highest BCUT2D eigenvalue weighted by Crippen LogP contribution is 2.39. The van der Waals surface area contributed by atoms with Crippen molar-refractivity contribution < 1.29 is 13.2 Å². The van der Waals surface area contributed by atoms with E-state index in [1.807, 2.05) is 36.5 Å². The van der Waals surface area contributed by atoms with E-state index >= 15 is 0 Å². The molecule has 0 amide bonds. The molecule has 38 heavy (non-hydrogen) atoms. The van der Waals surface area contributed by atoms with Gasteiger partial charge in [-0.1, -0.05) is 48.9 Å². The average Bonchev–Trinajstić information content (AvgIpc) is 3.28. The topological polar surface area (TPSA) is 112 Å². The first-order valence-electron chi connectivity index (χ1n) is 12.5. The van der Waals surface area contributed by atoms with Crippen LogP contribution >= 0.6 is 0 Å². The Morgan fingerprint density at radius 3 is 2.61 bits per heavy atom. The van der Waals surface area contributed by atoms with E-state index in [1.165, 1.54) is 6.42 Å². The number of ether oxygens (including phenoxy) is 1. The van der Waals surface area contributed by atoms with Gasteiger partial charge >= 0.3 is 0 Å². The molecule has 3 N–H and O–H groups in total. The molecule has 0 unspecified atom stereocenters. The highest BCUT2D eigenvalue weighted by molar-refractivity contribution is 7.92. The van der Waals surface area contributed by atoms with E-state index in [2.05, 4.69) is 14.1 Å². The zero-order valence-corrected chi connectivity index (χ0v) is 21.4. The molecule has 6 rings (SSSR count). The first kappa shape index (κ1) is 24.0. The molecule has 0 atom stereocenters. The van der Waals surface area contributed by atoms with Crippen molar-refractivity contribution in [3.63, 3.8) is 0 Å². The Hall–Kier alpha value is -4.37. The van der Waals surface area contributed by atoms with Crippen LogP contribution in [0.4, 0.5) is 11.5 Å². The fourth-order valence-corrected chi connectivity index (χ4v) is 5.75. The smallest absolute Gasteiger partial charge is 0.261 e. The van der Waals surface area contributed by atoms with Gasteiger partial charge in [0.1, 0.15) is 35.2 Å². The van der Waals surface area contributed by atoms with Crippen molar-refractivity contribution in [3.8, 4) is 17.0 Å². The number of hydrogen-bond acceptors (Lipinski definition) is 6. The number of imidazole rings is 1. The predicted molar refractivity (Wildman–Crippen MR) is 147 cm³/mol. The molecule has 1 aliphatic rings. The summed E-state index contributed by atoms with van der Waals surface area (Å²) in [6.45, 7) is 0.269. The first-order chi connectivity index (χ1) is 18.5. The van der Waals surface area contributed by atoms with Gasteiger partial charge in [0.25, 0.3) is 10.0 Å². The number of benzene rings is 3. The third-order valence-corrected chi connectivity index (χ3v) is 8.22. The van der Waals surface area contributed by atoms with Crippen molar-refractivity contribution in [1.82, 2.24) is 14.4 Å². The maximum Gasteiger partial charge on any atom is 0.261 e. The molecule has 0 aliphatic heterocycles. The standard InChI is InChI=1S/C29H27N5O3S/c30-28-27-26(32-29(21-8-5-9-21)34(27)16-15-31-28)22-10-6-12-24(18-22)37-19-20-7-4-11-23(17-20)33-38(35,36)25-13-2-1-3-14-25/h1-4,6-7,10-18,21,33H,5,8-9,19H2,(H2,30,31). The average molecular weight is 526 g/mol. The maximum absolute atomic E-state index is 12.7. The zero-order valence-electron chi connectivity index (χ0n) is 20.6. The van der Waals surface area contributed by atoms with Crippen molar-refractivity contribution in [1.29, 1.82) is 0 Å². The van der Waals surface area contributed by atoms with Gasteiger partial charge in [0, 0.05) is 29.6 Å². The van der Waals surface area contributed by atoms with Crippen molar-refractivity contribution >= 4 is 27.0 Å². The van der Waals surface area contributed by atoms with Crippen LogP contribution < -0.4 is 15.2 Å². The van der Waals surface area contributed by atoms with Gasteiger partial charge in [-0.25, -0.2) is 18.4 Å². The molecule has 2 heterocycles. The van der Waals surface area contributed by atoms with Gasteiger partial charge in [0.2, 0.25) is 0 Å². The van der Waals surface area contributed by atoms with Crippen molar-refractivity contribution in [2.24, 2.45) is 0 Å². The van der Waals surface area contributed by atoms with Gasteiger partial charge in [0.15, 0.2) is 0 Å². The van der Waals surface area contributed by atoms with Crippen LogP contribution in [0.2, 0.25) is 0 Å². The molecule has 2 aromatic heterocycles. The van der Waals surface area contributed by atoms with Crippen LogP contribution in [0.3, 0.4) is 0 Å². The highest BCUT2D eigenvalue weighted by atomic mass is 32.2. The summed E-state index contributed by atoms with van der Waals surface area (Å²) in [4.78, 5) is 9.50. The number of nitrogens with two attached hydrogens (primary N) is 1. The van der Waals surface area contributed by atoms with Crippen molar-refractivity contribution in [2.45, 2.75) is 36.7 Å². The molecule has 1 fully saturated rings. The molecule has 0 saturated heterocycles. The quantitative estimate of drug-likeness (QED) is 0.272. The summed E-state index contributed by atoms with van der Waals surface area (Å²) >= 11 is 0. The number of nitrogens with one attached hydrogen (secondary N) is 1. The summed E-state index contributed by atoms with van der Waals surface area (Å²) < 4.78 is 36.2. The Morgan fingerprint density at radius 2 is 1.82 bits per heavy atom. The number of rotatable bonds is 8. The lowest BCUT2D eigenvalue weighted by Gasteiger charge is -2.23. The number of anilines is 2. The SMILES string of the molecule is Nc1nccn2c(C3CCC3)nc(-c3cccc(OCc4cccc(NS(=O)(=O)c5ccccc5)c4)c3)c12. The maximum atomic E-state index is 12.7. The third-order valence-electron chi connectivity index (χ3n) is 6.83. The molecular weight excluding hydrogens is 498 g/mol. The van der Waals surface area contributed by atoms with E-state index in [9.17, 15) is 8.42 Å². The van der Waals surface area contributed by atoms with Gasteiger partial charge in [-0.2, -0.15) is 0 Å². The number of nitrogens with zero attached hydrogens (tertiary/aromatic N) is 3. The number of fused-ring (bicyclic) bond motifs is 1. The normalized spacial score (nSPS) is 13.8. The Balaban J connectivity index is 1.22. The molecule has 192 valence electrons. The predicted octanol–water partition coefficient (Wildman–Crippen LogP) is 5.63.